The quantitative estimate of drug-likeness (QED) is 0.611. The van der Waals surface area contributed by atoms with Crippen LogP contribution in [0.15, 0.2) is 72.8 Å². The summed E-state index contributed by atoms with van der Waals surface area (Å²) in [6, 6.07) is 23.7. The Morgan fingerprint density at radius 3 is 2.33 bits per heavy atom. The summed E-state index contributed by atoms with van der Waals surface area (Å²) in [5.74, 6) is 0.935. The minimum atomic E-state index is -0.116. The van der Waals surface area contributed by atoms with Crippen LogP contribution >= 0.6 is 11.6 Å². The SMILES string of the molecule is N#Cc1ccc(CCC(=O)Nc2ccccc2Oc2ccccc2Cl)cc1. The van der Waals surface area contributed by atoms with Gasteiger partial charge >= 0.3 is 0 Å². The summed E-state index contributed by atoms with van der Waals surface area (Å²) in [7, 11) is 0. The zero-order valence-electron chi connectivity index (χ0n) is 14.5. The van der Waals surface area contributed by atoms with E-state index in [2.05, 4.69) is 11.4 Å². The van der Waals surface area contributed by atoms with Gasteiger partial charge in [0, 0.05) is 6.42 Å². The number of ether oxygens (including phenoxy) is 1. The van der Waals surface area contributed by atoms with Gasteiger partial charge < -0.3 is 10.1 Å². The van der Waals surface area contributed by atoms with Crippen LogP contribution in [0.2, 0.25) is 5.02 Å². The molecule has 0 saturated carbocycles. The molecule has 0 aliphatic rings. The first-order chi connectivity index (χ1) is 13.2. The number of hydrogen-bond donors (Lipinski definition) is 1. The number of nitrogens with zero attached hydrogens (tertiary/aromatic N) is 1. The highest BCUT2D eigenvalue weighted by atomic mass is 35.5. The van der Waals surface area contributed by atoms with E-state index in [1.807, 2.05) is 36.4 Å². The molecule has 0 aliphatic heterocycles. The number of carbonyl (C=O) groups excluding carboxylic acids is 1. The maximum Gasteiger partial charge on any atom is 0.224 e. The van der Waals surface area contributed by atoms with Crippen molar-refractivity contribution in [3.05, 3.63) is 88.9 Å². The van der Waals surface area contributed by atoms with E-state index in [4.69, 9.17) is 21.6 Å². The van der Waals surface area contributed by atoms with Crippen LogP contribution in [0.1, 0.15) is 17.5 Å². The highest BCUT2D eigenvalue weighted by Gasteiger charge is 2.10. The largest absolute Gasteiger partial charge is 0.454 e. The third-order valence-corrected chi connectivity index (χ3v) is 4.25. The van der Waals surface area contributed by atoms with Crippen molar-refractivity contribution in [1.82, 2.24) is 0 Å². The molecular formula is C22H17ClN2O2. The van der Waals surface area contributed by atoms with Crippen molar-refractivity contribution >= 4 is 23.2 Å². The minimum absolute atomic E-state index is 0.116. The lowest BCUT2D eigenvalue weighted by Crippen LogP contribution is -2.13. The topological polar surface area (TPSA) is 62.1 Å². The predicted molar refractivity (Wildman–Crippen MR) is 106 cm³/mol. The van der Waals surface area contributed by atoms with Gasteiger partial charge in [-0.25, -0.2) is 0 Å². The zero-order chi connectivity index (χ0) is 19.1. The molecule has 0 atom stereocenters. The molecular weight excluding hydrogens is 360 g/mol. The predicted octanol–water partition coefficient (Wildman–Crippen LogP) is 5.58. The Labute approximate surface area is 163 Å². The number of anilines is 1. The third kappa shape index (κ3) is 5.10. The van der Waals surface area contributed by atoms with Gasteiger partial charge in [-0.3, -0.25) is 4.79 Å². The normalized spacial score (nSPS) is 10.1. The summed E-state index contributed by atoms with van der Waals surface area (Å²) < 4.78 is 5.85. The second kappa shape index (κ2) is 8.88. The van der Waals surface area contributed by atoms with Gasteiger partial charge in [0.2, 0.25) is 5.91 Å². The fourth-order valence-electron chi connectivity index (χ4n) is 2.52. The van der Waals surface area contributed by atoms with Crippen molar-refractivity contribution in [2.75, 3.05) is 5.32 Å². The summed E-state index contributed by atoms with van der Waals surface area (Å²) in [6.45, 7) is 0. The smallest absolute Gasteiger partial charge is 0.224 e. The van der Waals surface area contributed by atoms with Crippen LogP contribution in [0.25, 0.3) is 0 Å². The molecule has 27 heavy (non-hydrogen) atoms. The van der Waals surface area contributed by atoms with E-state index in [0.29, 0.717) is 40.6 Å². The number of rotatable bonds is 6. The Bertz CT molecular complexity index is 978. The maximum atomic E-state index is 12.3. The van der Waals surface area contributed by atoms with Crippen LogP contribution in [0.4, 0.5) is 5.69 Å². The summed E-state index contributed by atoms with van der Waals surface area (Å²) >= 11 is 6.14. The van der Waals surface area contributed by atoms with Crippen molar-refractivity contribution < 1.29 is 9.53 Å². The molecule has 3 rings (SSSR count). The molecule has 5 heteroatoms. The molecule has 0 unspecified atom stereocenters. The molecule has 0 bridgehead atoms. The average molecular weight is 377 g/mol. The number of aryl methyl sites for hydroxylation is 1. The first-order valence-electron chi connectivity index (χ1n) is 8.46. The number of hydrogen-bond acceptors (Lipinski definition) is 3. The second-order valence-corrected chi connectivity index (χ2v) is 6.29. The summed E-state index contributed by atoms with van der Waals surface area (Å²) in [6.07, 6.45) is 0.914. The Morgan fingerprint density at radius 1 is 0.963 bits per heavy atom. The maximum absolute atomic E-state index is 12.3. The van der Waals surface area contributed by atoms with Crippen LogP contribution in [0, 0.1) is 11.3 Å². The van der Waals surface area contributed by atoms with Gasteiger partial charge in [0.15, 0.2) is 5.75 Å². The first kappa shape index (κ1) is 18.5. The highest BCUT2D eigenvalue weighted by molar-refractivity contribution is 6.32. The average Bonchev–Trinajstić information content (AvgIpc) is 2.70. The molecule has 0 aliphatic carbocycles. The number of halogens is 1. The van der Waals surface area contributed by atoms with Crippen molar-refractivity contribution in [3.63, 3.8) is 0 Å². The number of benzene rings is 3. The van der Waals surface area contributed by atoms with Crippen molar-refractivity contribution in [2.45, 2.75) is 12.8 Å². The molecule has 0 radical (unpaired) electrons. The molecule has 4 nitrogen and oxygen atoms in total. The monoisotopic (exact) mass is 376 g/mol. The molecule has 0 aromatic heterocycles. The van der Waals surface area contributed by atoms with Gasteiger partial charge in [-0.05, 0) is 48.4 Å². The standard InChI is InChI=1S/C22H17ClN2O2/c23-18-5-1-3-7-20(18)27-21-8-4-2-6-19(21)25-22(26)14-13-16-9-11-17(15-24)12-10-16/h1-12H,13-14H2,(H,25,26). The number of amides is 1. The second-order valence-electron chi connectivity index (χ2n) is 5.89. The number of para-hydroxylation sites is 3. The fourth-order valence-corrected chi connectivity index (χ4v) is 2.70. The molecule has 0 fully saturated rings. The van der Waals surface area contributed by atoms with Crippen LogP contribution in [0.5, 0.6) is 11.5 Å². The Kier molecular flexibility index (Phi) is 6.09. The Hall–Kier alpha value is -3.29. The number of nitrogens with one attached hydrogen (secondary N) is 1. The van der Waals surface area contributed by atoms with Gasteiger partial charge in [-0.1, -0.05) is 48.0 Å². The van der Waals surface area contributed by atoms with Crippen molar-refractivity contribution in [1.29, 1.82) is 5.26 Å². The number of nitriles is 1. The minimum Gasteiger partial charge on any atom is -0.454 e. The van der Waals surface area contributed by atoms with Crippen molar-refractivity contribution in [3.8, 4) is 17.6 Å². The summed E-state index contributed by atoms with van der Waals surface area (Å²) in [5, 5.41) is 12.2. The molecule has 3 aromatic carbocycles. The van der Waals surface area contributed by atoms with Crippen LogP contribution in [0.3, 0.4) is 0 Å². The van der Waals surface area contributed by atoms with Crippen LogP contribution in [-0.4, -0.2) is 5.91 Å². The summed E-state index contributed by atoms with van der Waals surface area (Å²) in [5.41, 5.74) is 2.20. The molecule has 134 valence electrons. The van der Waals surface area contributed by atoms with Crippen LogP contribution in [-0.2, 0) is 11.2 Å². The fraction of sp³-hybridized carbons (Fsp3) is 0.0909. The lowest BCUT2D eigenvalue weighted by Gasteiger charge is -2.13. The summed E-state index contributed by atoms with van der Waals surface area (Å²) in [4.78, 5) is 12.3. The van der Waals surface area contributed by atoms with E-state index in [1.165, 1.54) is 0 Å². The lowest BCUT2D eigenvalue weighted by atomic mass is 10.1. The van der Waals surface area contributed by atoms with Crippen molar-refractivity contribution in [2.24, 2.45) is 0 Å². The van der Waals surface area contributed by atoms with E-state index >= 15 is 0 Å². The molecule has 0 saturated heterocycles. The van der Waals surface area contributed by atoms with E-state index < -0.39 is 0 Å². The van der Waals surface area contributed by atoms with Gasteiger partial charge in [0.05, 0.1) is 22.3 Å². The molecule has 0 spiro atoms. The number of carbonyl (C=O) groups is 1. The van der Waals surface area contributed by atoms with Crippen LogP contribution < -0.4 is 10.1 Å². The molecule has 1 N–H and O–H groups in total. The zero-order valence-corrected chi connectivity index (χ0v) is 15.2. The lowest BCUT2D eigenvalue weighted by molar-refractivity contribution is -0.116. The van der Waals surface area contributed by atoms with E-state index in [1.54, 1.807) is 36.4 Å². The van der Waals surface area contributed by atoms with E-state index in [0.717, 1.165) is 5.56 Å². The highest BCUT2D eigenvalue weighted by Crippen LogP contribution is 2.33. The van der Waals surface area contributed by atoms with Gasteiger partial charge in [0.25, 0.3) is 0 Å². The third-order valence-electron chi connectivity index (χ3n) is 3.94. The molecule has 0 heterocycles. The van der Waals surface area contributed by atoms with Gasteiger partial charge in [-0.15, -0.1) is 0 Å². The van der Waals surface area contributed by atoms with E-state index in [9.17, 15) is 4.79 Å². The molecule has 1 amide bonds. The molecule has 3 aromatic rings. The Balaban J connectivity index is 1.64. The first-order valence-corrected chi connectivity index (χ1v) is 8.84. The van der Waals surface area contributed by atoms with Gasteiger partial charge in [-0.2, -0.15) is 5.26 Å². The van der Waals surface area contributed by atoms with Gasteiger partial charge in [0.1, 0.15) is 5.75 Å². The van der Waals surface area contributed by atoms with E-state index in [-0.39, 0.29) is 5.91 Å². The Morgan fingerprint density at radius 2 is 1.63 bits per heavy atom.